The highest BCUT2D eigenvalue weighted by atomic mass is 16.2. The predicted molar refractivity (Wildman–Crippen MR) is 80.7 cm³/mol. The van der Waals surface area contributed by atoms with Crippen LogP contribution in [0.25, 0.3) is 0 Å². The van der Waals surface area contributed by atoms with Crippen molar-refractivity contribution in [2.24, 2.45) is 0 Å². The molecule has 2 amide bonds. The molecule has 1 aliphatic rings. The summed E-state index contributed by atoms with van der Waals surface area (Å²) < 4.78 is 0. The molecular formula is C16H21N3O2. The highest BCUT2D eigenvalue weighted by Gasteiger charge is 2.26. The summed E-state index contributed by atoms with van der Waals surface area (Å²) in [5.41, 5.74) is 2.02. The van der Waals surface area contributed by atoms with Crippen LogP contribution < -0.4 is 10.6 Å². The van der Waals surface area contributed by atoms with Crippen LogP contribution in [0.2, 0.25) is 0 Å². The third-order valence-corrected chi connectivity index (χ3v) is 3.45. The number of pyridine rings is 1. The van der Waals surface area contributed by atoms with Crippen molar-refractivity contribution in [3.05, 3.63) is 41.9 Å². The Labute approximate surface area is 124 Å². The lowest BCUT2D eigenvalue weighted by molar-refractivity contribution is -0.123. The highest BCUT2D eigenvalue weighted by Crippen LogP contribution is 2.19. The van der Waals surface area contributed by atoms with Gasteiger partial charge in [0.25, 0.3) is 5.91 Å². The fraction of sp³-hybridized carbons (Fsp3) is 0.438. The number of rotatable bonds is 2. The predicted octanol–water partition coefficient (Wildman–Crippen LogP) is 1.90. The summed E-state index contributed by atoms with van der Waals surface area (Å²) in [4.78, 5) is 28.2. The Bertz CT molecular complexity index is 570. The van der Waals surface area contributed by atoms with Gasteiger partial charge in [0.05, 0.1) is 5.56 Å². The van der Waals surface area contributed by atoms with E-state index in [9.17, 15) is 9.59 Å². The van der Waals surface area contributed by atoms with Crippen molar-refractivity contribution in [2.45, 2.75) is 45.1 Å². The minimum atomic E-state index is -0.509. The Morgan fingerprint density at radius 1 is 1.43 bits per heavy atom. The van der Waals surface area contributed by atoms with Gasteiger partial charge in [0.15, 0.2) is 0 Å². The number of amides is 2. The summed E-state index contributed by atoms with van der Waals surface area (Å²) in [5.74, 6) is -0.491. The summed E-state index contributed by atoms with van der Waals surface area (Å²) in [6, 6.07) is 3.07. The number of aromatic nitrogens is 1. The largest absolute Gasteiger partial charge is 0.340 e. The van der Waals surface area contributed by atoms with Gasteiger partial charge in [0.1, 0.15) is 6.04 Å². The summed E-state index contributed by atoms with van der Waals surface area (Å²) in [6.45, 7) is 9.91. The summed E-state index contributed by atoms with van der Waals surface area (Å²) in [7, 11) is 0. The van der Waals surface area contributed by atoms with E-state index < -0.39 is 6.04 Å². The lowest BCUT2D eigenvalue weighted by Crippen LogP contribution is -2.49. The van der Waals surface area contributed by atoms with Gasteiger partial charge >= 0.3 is 0 Å². The molecule has 1 aromatic heterocycles. The van der Waals surface area contributed by atoms with Crippen molar-refractivity contribution >= 4 is 11.8 Å². The number of hydrogen-bond acceptors (Lipinski definition) is 3. The van der Waals surface area contributed by atoms with Crippen LogP contribution in [0.15, 0.2) is 30.6 Å². The number of nitrogens with zero attached hydrogens (tertiary/aromatic N) is 1. The molecule has 1 fully saturated rings. The minimum absolute atomic E-state index is 0.0569. The maximum absolute atomic E-state index is 12.1. The van der Waals surface area contributed by atoms with Gasteiger partial charge in [-0.15, -0.1) is 0 Å². The van der Waals surface area contributed by atoms with E-state index in [0.717, 1.165) is 5.69 Å². The molecule has 0 bridgehead atoms. The van der Waals surface area contributed by atoms with Crippen LogP contribution in [0.1, 0.15) is 49.7 Å². The molecule has 1 atom stereocenters. The lowest BCUT2D eigenvalue weighted by atomic mass is 9.91. The fourth-order valence-corrected chi connectivity index (χ4v) is 2.12. The molecule has 1 aliphatic heterocycles. The molecule has 112 valence electrons. The smallest absolute Gasteiger partial charge is 0.253 e. The summed E-state index contributed by atoms with van der Waals surface area (Å²) in [6.07, 6.45) is 2.80. The first kappa shape index (κ1) is 15.2. The van der Waals surface area contributed by atoms with Crippen molar-refractivity contribution in [1.29, 1.82) is 0 Å². The van der Waals surface area contributed by atoms with Crippen LogP contribution in [0.3, 0.4) is 0 Å². The Balaban J connectivity index is 2.04. The van der Waals surface area contributed by atoms with Crippen LogP contribution in [-0.2, 0) is 10.2 Å². The summed E-state index contributed by atoms with van der Waals surface area (Å²) >= 11 is 0. The SMILES string of the molecule is C=C1CCC(NC(=O)c2ccc(C(C)(C)C)nc2)C(=O)N1. The van der Waals surface area contributed by atoms with Crippen molar-refractivity contribution < 1.29 is 9.59 Å². The van der Waals surface area contributed by atoms with E-state index in [1.807, 2.05) is 6.07 Å². The van der Waals surface area contributed by atoms with Gasteiger partial charge < -0.3 is 10.6 Å². The maximum atomic E-state index is 12.1. The molecule has 0 radical (unpaired) electrons. The van der Waals surface area contributed by atoms with Crippen LogP contribution in [-0.4, -0.2) is 22.8 Å². The van der Waals surface area contributed by atoms with Gasteiger partial charge in [-0.1, -0.05) is 27.4 Å². The van der Waals surface area contributed by atoms with E-state index in [-0.39, 0.29) is 17.2 Å². The average Bonchev–Trinajstić information content (AvgIpc) is 2.41. The number of allylic oxidation sites excluding steroid dienone is 1. The number of piperidine rings is 1. The second-order valence-electron chi connectivity index (χ2n) is 6.34. The zero-order chi connectivity index (χ0) is 15.6. The van der Waals surface area contributed by atoms with E-state index in [4.69, 9.17) is 0 Å². The van der Waals surface area contributed by atoms with E-state index in [2.05, 4.69) is 43.0 Å². The topological polar surface area (TPSA) is 71.1 Å². The van der Waals surface area contributed by atoms with E-state index in [0.29, 0.717) is 24.1 Å². The van der Waals surface area contributed by atoms with Crippen molar-refractivity contribution in [1.82, 2.24) is 15.6 Å². The van der Waals surface area contributed by atoms with Gasteiger partial charge in [0.2, 0.25) is 5.91 Å². The van der Waals surface area contributed by atoms with E-state index in [1.54, 1.807) is 12.3 Å². The molecule has 0 aromatic carbocycles. The number of hydrogen-bond donors (Lipinski definition) is 2. The molecule has 5 heteroatoms. The monoisotopic (exact) mass is 287 g/mol. The van der Waals surface area contributed by atoms with E-state index in [1.165, 1.54) is 0 Å². The molecule has 0 spiro atoms. The number of carbonyl (C=O) groups is 2. The quantitative estimate of drug-likeness (QED) is 0.872. The van der Waals surface area contributed by atoms with Gasteiger partial charge in [-0.3, -0.25) is 14.6 Å². The number of nitrogens with one attached hydrogen (secondary N) is 2. The fourth-order valence-electron chi connectivity index (χ4n) is 2.12. The molecule has 2 heterocycles. The molecule has 1 unspecified atom stereocenters. The van der Waals surface area contributed by atoms with Gasteiger partial charge in [0, 0.05) is 23.0 Å². The molecule has 0 aliphatic carbocycles. The van der Waals surface area contributed by atoms with Crippen molar-refractivity contribution in [2.75, 3.05) is 0 Å². The Hall–Kier alpha value is -2.17. The molecule has 1 aromatic rings. The molecule has 5 nitrogen and oxygen atoms in total. The van der Waals surface area contributed by atoms with E-state index >= 15 is 0 Å². The first-order valence-corrected chi connectivity index (χ1v) is 7.03. The molecule has 2 N–H and O–H groups in total. The minimum Gasteiger partial charge on any atom is -0.340 e. The molecule has 2 rings (SSSR count). The maximum Gasteiger partial charge on any atom is 0.253 e. The Kier molecular flexibility index (Phi) is 4.11. The third-order valence-electron chi connectivity index (χ3n) is 3.45. The zero-order valence-electron chi connectivity index (χ0n) is 12.7. The number of carbonyl (C=O) groups excluding carboxylic acids is 2. The molecule has 1 saturated heterocycles. The normalized spacial score (nSPS) is 19.1. The van der Waals surface area contributed by atoms with Crippen LogP contribution in [0.4, 0.5) is 0 Å². The van der Waals surface area contributed by atoms with Crippen LogP contribution in [0, 0.1) is 0 Å². The lowest BCUT2D eigenvalue weighted by Gasteiger charge is -2.24. The van der Waals surface area contributed by atoms with Gasteiger partial charge in [-0.25, -0.2) is 0 Å². The molecule has 21 heavy (non-hydrogen) atoms. The highest BCUT2D eigenvalue weighted by molar-refractivity contribution is 5.97. The zero-order valence-corrected chi connectivity index (χ0v) is 12.7. The van der Waals surface area contributed by atoms with Gasteiger partial charge in [-0.2, -0.15) is 0 Å². The molecule has 0 saturated carbocycles. The second-order valence-corrected chi connectivity index (χ2v) is 6.34. The first-order valence-electron chi connectivity index (χ1n) is 7.03. The summed E-state index contributed by atoms with van der Waals surface area (Å²) in [5, 5.41) is 5.38. The first-order chi connectivity index (χ1) is 9.77. The van der Waals surface area contributed by atoms with Crippen LogP contribution >= 0.6 is 0 Å². The molecular weight excluding hydrogens is 266 g/mol. The Morgan fingerprint density at radius 2 is 2.14 bits per heavy atom. The van der Waals surface area contributed by atoms with Crippen LogP contribution in [0.5, 0.6) is 0 Å². The van der Waals surface area contributed by atoms with Crippen molar-refractivity contribution in [3.63, 3.8) is 0 Å². The second kappa shape index (κ2) is 5.68. The van der Waals surface area contributed by atoms with Gasteiger partial charge in [-0.05, 0) is 25.0 Å². The van der Waals surface area contributed by atoms with Crippen molar-refractivity contribution in [3.8, 4) is 0 Å². The standard InChI is InChI=1S/C16H21N3O2/c1-10-5-7-12(15(21)18-10)19-14(20)11-6-8-13(17-9-11)16(2,3)4/h6,8-9,12H,1,5,7H2,2-4H3,(H,18,21)(H,19,20). The Morgan fingerprint density at radius 3 is 2.67 bits per heavy atom. The third kappa shape index (κ3) is 3.68. The average molecular weight is 287 g/mol.